The lowest BCUT2D eigenvalue weighted by molar-refractivity contribution is 0.0958. The number of methoxy groups -OCH3 is 1. The van der Waals surface area contributed by atoms with E-state index in [0.717, 1.165) is 11.1 Å². The van der Waals surface area contributed by atoms with E-state index in [4.69, 9.17) is 9.47 Å². The van der Waals surface area contributed by atoms with Gasteiger partial charge in [-0.25, -0.2) is 9.78 Å². The fraction of sp³-hybridized carbons (Fsp3) is 0.182. The highest BCUT2D eigenvalue weighted by Gasteiger charge is 2.09. The Hall–Kier alpha value is -4.14. The molecule has 3 amide bonds. The van der Waals surface area contributed by atoms with E-state index in [-0.39, 0.29) is 17.6 Å². The second-order valence-corrected chi connectivity index (χ2v) is 6.58. The first-order valence-electron chi connectivity index (χ1n) is 9.49. The van der Waals surface area contributed by atoms with Gasteiger partial charge in [0.05, 0.1) is 7.11 Å². The van der Waals surface area contributed by atoms with E-state index in [0.29, 0.717) is 29.6 Å². The molecule has 0 aliphatic heterocycles. The Kier molecular flexibility index (Phi) is 7.00. The number of hydrogen-bond acceptors (Lipinski definition) is 6. The smallest absolute Gasteiger partial charge is 0.319 e. The van der Waals surface area contributed by atoms with Crippen molar-refractivity contribution in [1.29, 1.82) is 0 Å². The first-order chi connectivity index (χ1) is 15.0. The molecule has 1 aromatic carbocycles. The van der Waals surface area contributed by atoms with Crippen molar-refractivity contribution in [3.63, 3.8) is 0 Å². The number of pyridine rings is 2. The minimum atomic E-state index is -0.371. The van der Waals surface area contributed by atoms with Gasteiger partial charge in [0, 0.05) is 32.1 Å². The van der Waals surface area contributed by atoms with Crippen LogP contribution >= 0.6 is 0 Å². The number of hydrogen-bond donors (Lipinski definition) is 3. The summed E-state index contributed by atoms with van der Waals surface area (Å²) in [6.45, 7) is 2.20. The lowest BCUT2D eigenvalue weighted by Gasteiger charge is -2.11. The minimum absolute atomic E-state index is 0.271. The number of nitrogens with one attached hydrogen (secondary N) is 3. The Morgan fingerprint density at radius 3 is 2.52 bits per heavy atom. The quantitative estimate of drug-likeness (QED) is 0.539. The van der Waals surface area contributed by atoms with Crippen LogP contribution in [0.25, 0.3) is 0 Å². The fourth-order valence-electron chi connectivity index (χ4n) is 2.70. The number of amides is 3. The van der Waals surface area contributed by atoms with Crippen LogP contribution in [0, 0.1) is 6.92 Å². The Morgan fingerprint density at radius 1 is 1.03 bits per heavy atom. The molecule has 0 aliphatic carbocycles. The highest BCUT2D eigenvalue weighted by molar-refractivity contribution is 5.92. The molecule has 0 atom stereocenters. The SMILES string of the molecule is CNC(=O)c1cc(Oc2ccc(CNC(=O)Nc3cc(C)cnc3OC)cc2)ccn1. The first-order valence-corrected chi connectivity index (χ1v) is 9.49. The van der Waals surface area contributed by atoms with E-state index < -0.39 is 0 Å². The average Bonchev–Trinajstić information content (AvgIpc) is 2.78. The van der Waals surface area contributed by atoms with Crippen molar-refractivity contribution in [2.75, 3.05) is 19.5 Å². The molecule has 2 heterocycles. The second-order valence-electron chi connectivity index (χ2n) is 6.58. The minimum Gasteiger partial charge on any atom is -0.480 e. The highest BCUT2D eigenvalue weighted by Crippen LogP contribution is 2.23. The van der Waals surface area contributed by atoms with E-state index in [2.05, 4.69) is 25.9 Å². The number of aromatic nitrogens is 2. The molecule has 0 aliphatic rings. The van der Waals surface area contributed by atoms with E-state index >= 15 is 0 Å². The van der Waals surface area contributed by atoms with E-state index in [9.17, 15) is 9.59 Å². The van der Waals surface area contributed by atoms with Crippen molar-refractivity contribution in [2.24, 2.45) is 0 Å². The molecule has 9 nitrogen and oxygen atoms in total. The molecule has 160 valence electrons. The number of aryl methyl sites for hydroxylation is 1. The molecule has 0 unspecified atom stereocenters. The highest BCUT2D eigenvalue weighted by atomic mass is 16.5. The van der Waals surface area contributed by atoms with Crippen molar-refractivity contribution in [1.82, 2.24) is 20.6 Å². The molecule has 2 aromatic heterocycles. The maximum Gasteiger partial charge on any atom is 0.319 e. The Balaban J connectivity index is 1.56. The largest absolute Gasteiger partial charge is 0.480 e. The molecule has 0 saturated carbocycles. The van der Waals surface area contributed by atoms with Gasteiger partial charge in [0.2, 0.25) is 5.88 Å². The van der Waals surface area contributed by atoms with Gasteiger partial charge in [-0.2, -0.15) is 0 Å². The normalized spacial score (nSPS) is 10.2. The molecule has 3 aromatic rings. The number of ether oxygens (including phenoxy) is 2. The molecule has 31 heavy (non-hydrogen) atoms. The molecular weight excluding hydrogens is 398 g/mol. The number of nitrogens with zero attached hydrogens (tertiary/aromatic N) is 2. The number of carbonyl (C=O) groups is 2. The van der Waals surface area contributed by atoms with Crippen LogP contribution in [0.5, 0.6) is 17.4 Å². The summed E-state index contributed by atoms with van der Waals surface area (Å²) in [5.41, 5.74) is 2.56. The molecule has 9 heteroatoms. The summed E-state index contributed by atoms with van der Waals surface area (Å²) < 4.78 is 10.9. The van der Waals surface area contributed by atoms with Gasteiger partial charge < -0.3 is 25.4 Å². The summed E-state index contributed by atoms with van der Waals surface area (Å²) in [7, 11) is 3.04. The van der Waals surface area contributed by atoms with Crippen molar-refractivity contribution in [3.05, 3.63) is 71.7 Å². The van der Waals surface area contributed by atoms with Crippen LogP contribution in [0.4, 0.5) is 10.5 Å². The maximum atomic E-state index is 12.2. The van der Waals surface area contributed by atoms with Crippen LogP contribution in [0.3, 0.4) is 0 Å². The van der Waals surface area contributed by atoms with Crippen molar-refractivity contribution in [2.45, 2.75) is 13.5 Å². The zero-order chi connectivity index (χ0) is 22.2. The third kappa shape index (κ3) is 5.92. The van der Waals surface area contributed by atoms with Gasteiger partial charge in [-0.15, -0.1) is 0 Å². The molecular formula is C22H23N5O4. The molecule has 3 rings (SSSR count). The summed E-state index contributed by atoms with van der Waals surface area (Å²) in [5, 5.41) is 8.04. The van der Waals surface area contributed by atoms with Gasteiger partial charge in [0.1, 0.15) is 22.9 Å². The standard InChI is InChI=1S/C22H23N5O4/c1-14-10-19(21(30-3)25-12-14)27-22(29)26-13-15-4-6-16(7-5-15)31-17-8-9-24-18(11-17)20(28)23-2/h4-12H,13H2,1-3H3,(H,23,28)(H2,26,27,29). The number of urea groups is 1. The van der Waals surface area contributed by atoms with Crippen LogP contribution in [-0.4, -0.2) is 36.1 Å². The van der Waals surface area contributed by atoms with Gasteiger partial charge >= 0.3 is 6.03 Å². The van der Waals surface area contributed by atoms with E-state index in [1.54, 1.807) is 43.6 Å². The molecule has 0 radical (unpaired) electrons. The van der Waals surface area contributed by atoms with Gasteiger partial charge in [0.15, 0.2) is 0 Å². The van der Waals surface area contributed by atoms with Crippen LogP contribution in [0.2, 0.25) is 0 Å². The van der Waals surface area contributed by atoms with E-state index in [1.807, 2.05) is 19.1 Å². The number of carbonyl (C=O) groups excluding carboxylic acids is 2. The van der Waals surface area contributed by atoms with Crippen molar-refractivity contribution in [3.8, 4) is 17.4 Å². The lowest BCUT2D eigenvalue weighted by Crippen LogP contribution is -2.28. The van der Waals surface area contributed by atoms with Gasteiger partial charge in [-0.1, -0.05) is 12.1 Å². The molecule has 0 saturated heterocycles. The zero-order valence-electron chi connectivity index (χ0n) is 17.4. The zero-order valence-corrected chi connectivity index (χ0v) is 17.4. The number of anilines is 1. The van der Waals surface area contributed by atoms with Gasteiger partial charge in [0.25, 0.3) is 5.91 Å². The Bertz CT molecular complexity index is 1070. The first kappa shape index (κ1) is 21.6. The van der Waals surface area contributed by atoms with Crippen molar-refractivity contribution >= 4 is 17.6 Å². The molecule has 0 bridgehead atoms. The summed E-state index contributed by atoms with van der Waals surface area (Å²) in [6, 6.07) is 11.9. The summed E-state index contributed by atoms with van der Waals surface area (Å²) in [5.74, 6) is 1.15. The maximum absolute atomic E-state index is 12.2. The topological polar surface area (TPSA) is 114 Å². The van der Waals surface area contributed by atoms with Crippen LogP contribution in [0.1, 0.15) is 21.6 Å². The predicted molar refractivity (Wildman–Crippen MR) is 116 cm³/mol. The van der Waals surface area contributed by atoms with Gasteiger partial charge in [-0.3, -0.25) is 9.78 Å². The summed E-state index contributed by atoms with van der Waals surface area (Å²) in [6.07, 6.45) is 3.17. The summed E-state index contributed by atoms with van der Waals surface area (Å²) in [4.78, 5) is 32.0. The molecule has 0 fully saturated rings. The average molecular weight is 421 g/mol. The molecule has 0 spiro atoms. The van der Waals surface area contributed by atoms with Crippen LogP contribution in [-0.2, 0) is 6.54 Å². The lowest BCUT2D eigenvalue weighted by atomic mass is 10.2. The Labute approximate surface area is 179 Å². The third-order valence-electron chi connectivity index (χ3n) is 4.23. The van der Waals surface area contributed by atoms with Crippen LogP contribution in [0.15, 0.2) is 54.9 Å². The second kappa shape index (κ2) is 10.1. The van der Waals surface area contributed by atoms with Gasteiger partial charge in [-0.05, 0) is 42.3 Å². The third-order valence-corrected chi connectivity index (χ3v) is 4.23. The molecule has 3 N–H and O–H groups in total. The Morgan fingerprint density at radius 2 is 1.81 bits per heavy atom. The summed E-state index contributed by atoms with van der Waals surface area (Å²) >= 11 is 0. The number of benzene rings is 1. The van der Waals surface area contributed by atoms with E-state index in [1.165, 1.54) is 13.3 Å². The van der Waals surface area contributed by atoms with Crippen LogP contribution < -0.4 is 25.4 Å². The number of rotatable bonds is 7. The van der Waals surface area contributed by atoms with Crippen molar-refractivity contribution < 1.29 is 19.1 Å². The fourth-order valence-corrected chi connectivity index (χ4v) is 2.70. The predicted octanol–water partition coefficient (Wildman–Crippen LogP) is 3.27. The monoisotopic (exact) mass is 421 g/mol.